The Kier molecular flexibility index (Phi) is 6.12. The summed E-state index contributed by atoms with van der Waals surface area (Å²) in [5, 5.41) is 15.1. The molecule has 0 saturated carbocycles. The molecule has 3 aromatic rings. The second-order valence-electron chi connectivity index (χ2n) is 6.46. The third kappa shape index (κ3) is 4.89. The van der Waals surface area contributed by atoms with Crippen LogP contribution in [0.5, 0.6) is 0 Å². The molecular weight excluding hydrogens is 394 g/mol. The highest BCUT2D eigenvalue weighted by Gasteiger charge is 2.23. The Hall–Kier alpha value is -3.01. The summed E-state index contributed by atoms with van der Waals surface area (Å²) in [7, 11) is -2.71. The number of carbonyl (C=O) groups excluding carboxylic acids is 1. The number of hydrogen-bond donors (Lipinski definition) is 2. The van der Waals surface area contributed by atoms with E-state index in [9.17, 15) is 13.2 Å². The van der Waals surface area contributed by atoms with Gasteiger partial charge in [-0.05, 0) is 18.6 Å². The first-order valence-corrected chi connectivity index (χ1v) is 10.4. The minimum atomic E-state index is -3.97. The van der Waals surface area contributed by atoms with Gasteiger partial charge in [0.1, 0.15) is 5.69 Å². The van der Waals surface area contributed by atoms with E-state index in [1.54, 1.807) is 18.2 Å². The molecule has 152 valence electrons. The zero-order valence-electron chi connectivity index (χ0n) is 15.8. The predicted octanol–water partition coefficient (Wildman–Crippen LogP) is 2.83. The molecule has 0 fully saturated rings. The maximum atomic E-state index is 12.0. The third-order valence-corrected chi connectivity index (χ3v) is 5.27. The highest BCUT2D eigenvalue weighted by Crippen LogP contribution is 2.36. The smallest absolute Gasteiger partial charge is 0.245 e. The zero-order valence-corrected chi connectivity index (χ0v) is 16.6. The van der Waals surface area contributed by atoms with Gasteiger partial charge in [-0.3, -0.25) is 10.0 Å². The fourth-order valence-corrected chi connectivity index (χ4v) is 3.64. The van der Waals surface area contributed by atoms with Gasteiger partial charge in [0.25, 0.3) is 0 Å². The Morgan fingerprint density at radius 3 is 2.45 bits per heavy atom. The molecule has 8 nitrogen and oxygen atoms in total. The first-order chi connectivity index (χ1) is 13.8. The number of hydrogen-bond acceptors (Lipinski definition) is 6. The van der Waals surface area contributed by atoms with Crippen molar-refractivity contribution in [2.24, 2.45) is 5.14 Å². The van der Waals surface area contributed by atoms with Crippen molar-refractivity contribution in [2.75, 3.05) is 7.05 Å². The lowest BCUT2D eigenvalue weighted by Crippen LogP contribution is -2.22. The number of primary sulfonamides is 1. The van der Waals surface area contributed by atoms with E-state index in [-0.39, 0.29) is 11.3 Å². The van der Waals surface area contributed by atoms with Crippen LogP contribution in [0.1, 0.15) is 18.7 Å². The zero-order chi connectivity index (χ0) is 21.0. The summed E-state index contributed by atoms with van der Waals surface area (Å²) in [5.74, 6) is 0.234. The lowest BCUT2D eigenvalue weighted by Gasteiger charge is -2.07. The van der Waals surface area contributed by atoms with Gasteiger partial charge in [-0.2, -0.15) is 0 Å². The van der Waals surface area contributed by atoms with Gasteiger partial charge in [-0.1, -0.05) is 42.5 Å². The molecule has 29 heavy (non-hydrogen) atoms. The highest BCUT2D eigenvalue weighted by atomic mass is 32.2. The Labute approximate surface area is 168 Å². The number of benzene rings is 2. The van der Waals surface area contributed by atoms with E-state index < -0.39 is 15.9 Å². The first kappa shape index (κ1) is 20.7. The van der Waals surface area contributed by atoms with Crippen molar-refractivity contribution >= 4 is 15.9 Å². The number of amides is 1. The van der Waals surface area contributed by atoms with Gasteiger partial charge in [0, 0.05) is 31.0 Å². The lowest BCUT2D eigenvalue weighted by molar-refractivity contribution is -0.159. The van der Waals surface area contributed by atoms with Crippen LogP contribution >= 0.6 is 0 Å². The average Bonchev–Trinajstić information content (AvgIpc) is 3.12. The van der Waals surface area contributed by atoms with E-state index in [1.165, 1.54) is 13.1 Å². The van der Waals surface area contributed by atoms with Crippen molar-refractivity contribution in [3.63, 3.8) is 0 Å². The number of sulfonamides is 1. The van der Waals surface area contributed by atoms with E-state index in [4.69, 9.17) is 14.8 Å². The van der Waals surface area contributed by atoms with Crippen molar-refractivity contribution < 1.29 is 22.8 Å². The molecule has 0 aliphatic carbocycles. The molecule has 0 saturated heterocycles. The SMILES string of the molecule is CN(O)C(=O)CCCc1nc(-c2ccccc2)c(-c2ccccc2S(N)(=O)=O)o1. The molecule has 1 heterocycles. The molecule has 0 spiro atoms. The summed E-state index contributed by atoms with van der Waals surface area (Å²) in [6.07, 6.45) is 0.880. The van der Waals surface area contributed by atoms with Crippen LogP contribution in [-0.2, 0) is 21.2 Å². The van der Waals surface area contributed by atoms with E-state index >= 15 is 0 Å². The van der Waals surface area contributed by atoms with Gasteiger partial charge in [0.05, 0.1) is 4.90 Å². The van der Waals surface area contributed by atoms with Crippen molar-refractivity contribution in [3.8, 4) is 22.6 Å². The monoisotopic (exact) mass is 415 g/mol. The molecule has 0 aliphatic heterocycles. The summed E-state index contributed by atoms with van der Waals surface area (Å²) < 4.78 is 30.0. The highest BCUT2D eigenvalue weighted by molar-refractivity contribution is 7.89. The molecule has 0 radical (unpaired) electrons. The number of carbonyl (C=O) groups is 1. The van der Waals surface area contributed by atoms with Gasteiger partial charge in [-0.25, -0.2) is 23.6 Å². The molecule has 9 heteroatoms. The van der Waals surface area contributed by atoms with E-state index in [2.05, 4.69) is 4.98 Å². The number of nitrogens with two attached hydrogens (primary N) is 1. The number of aryl methyl sites for hydroxylation is 1. The van der Waals surface area contributed by atoms with E-state index in [1.807, 2.05) is 30.3 Å². The number of hydroxylamine groups is 2. The van der Waals surface area contributed by atoms with Gasteiger partial charge < -0.3 is 4.42 Å². The quantitative estimate of drug-likeness (QED) is 0.451. The van der Waals surface area contributed by atoms with Crippen LogP contribution in [0, 0.1) is 0 Å². The second-order valence-corrected chi connectivity index (χ2v) is 7.99. The maximum Gasteiger partial charge on any atom is 0.245 e. The number of rotatable bonds is 7. The van der Waals surface area contributed by atoms with Crippen LogP contribution in [0.15, 0.2) is 63.9 Å². The summed E-state index contributed by atoms with van der Waals surface area (Å²) in [6, 6.07) is 15.5. The van der Waals surface area contributed by atoms with Crippen LogP contribution in [0.25, 0.3) is 22.6 Å². The number of nitrogens with zero attached hydrogens (tertiary/aromatic N) is 2. The Morgan fingerprint density at radius 1 is 1.14 bits per heavy atom. The minimum Gasteiger partial charge on any atom is -0.440 e. The third-order valence-electron chi connectivity index (χ3n) is 4.30. The maximum absolute atomic E-state index is 12.0. The van der Waals surface area contributed by atoms with Gasteiger partial charge in [-0.15, -0.1) is 0 Å². The summed E-state index contributed by atoms with van der Waals surface area (Å²) in [4.78, 5) is 16.0. The Balaban J connectivity index is 2.03. The van der Waals surface area contributed by atoms with Crippen LogP contribution in [0.2, 0.25) is 0 Å². The molecule has 2 aromatic carbocycles. The number of aromatic nitrogens is 1. The van der Waals surface area contributed by atoms with Gasteiger partial charge >= 0.3 is 0 Å². The molecule has 0 atom stereocenters. The van der Waals surface area contributed by atoms with Crippen molar-refractivity contribution in [1.82, 2.24) is 10.0 Å². The summed E-state index contributed by atoms with van der Waals surface area (Å²) in [5.41, 5.74) is 1.56. The van der Waals surface area contributed by atoms with Crippen molar-refractivity contribution in [1.29, 1.82) is 0 Å². The van der Waals surface area contributed by atoms with Gasteiger partial charge in [0.2, 0.25) is 15.9 Å². The molecular formula is C20H21N3O5S. The van der Waals surface area contributed by atoms with Crippen molar-refractivity contribution in [2.45, 2.75) is 24.2 Å². The number of oxazole rings is 1. The minimum absolute atomic E-state index is 0.0584. The summed E-state index contributed by atoms with van der Waals surface area (Å²) in [6.45, 7) is 0. The predicted molar refractivity (Wildman–Crippen MR) is 106 cm³/mol. The average molecular weight is 415 g/mol. The fourth-order valence-electron chi connectivity index (χ4n) is 2.90. The fraction of sp³-hybridized carbons (Fsp3) is 0.200. The molecule has 0 bridgehead atoms. The second kappa shape index (κ2) is 8.56. The molecule has 3 rings (SSSR count). The van der Waals surface area contributed by atoms with E-state index in [0.717, 1.165) is 5.56 Å². The topological polar surface area (TPSA) is 127 Å². The van der Waals surface area contributed by atoms with Crippen LogP contribution in [-0.4, -0.2) is 36.6 Å². The largest absolute Gasteiger partial charge is 0.440 e. The Morgan fingerprint density at radius 2 is 1.79 bits per heavy atom. The normalized spacial score (nSPS) is 11.4. The Bertz CT molecular complexity index is 1110. The molecule has 1 aromatic heterocycles. The molecule has 0 aliphatic rings. The lowest BCUT2D eigenvalue weighted by atomic mass is 10.1. The van der Waals surface area contributed by atoms with Crippen LogP contribution in [0.3, 0.4) is 0 Å². The first-order valence-electron chi connectivity index (χ1n) is 8.90. The van der Waals surface area contributed by atoms with Crippen LogP contribution < -0.4 is 5.14 Å². The molecule has 0 unspecified atom stereocenters. The molecule has 1 amide bonds. The summed E-state index contributed by atoms with van der Waals surface area (Å²) >= 11 is 0. The standard InChI is InChI=1S/C20H21N3O5S/c1-23(25)18(24)13-7-12-17-22-19(14-8-3-2-4-9-14)20(28-17)15-10-5-6-11-16(15)29(21,26)27/h2-6,8-11,25H,7,12-13H2,1H3,(H2,21,26,27). The molecule has 3 N–H and O–H groups in total. The van der Waals surface area contributed by atoms with Crippen molar-refractivity contribution in [3.05, 3.63) is 60.5 Å². The van der Waals surface area contributed by atoms with Crippen LogP contribution in [0.4, 0.5) is 0 Å². The van der Waals surface area contributed by atoms with Gasteiger partial charge in [0.15, 0.2) is 11.7 Å². The van der Waals surface area contributed by atoms with E-state index in [0.29, 0.717) is 40.8 Å².